The molecule has 40 heavy (non-hydrogen) atoms. The Labute approximate surface area is 257 Å². The molecule has 3 aromatic carbocycles. The second-order valence-electron chi connectivity index (χ2n) is 10.2. The summed E-state index contributed by atoms with van der Waals surface area (Å²) in [7, 11) is 0. The van der Waals surface area contributed by atoms with E-state index in [-0.39, 0.29) is 42.8 Å². The first-order chi connectivity index (χ1) is 18.9. The van der Waals surface area contributed by atoms with Crippen LogP contribution in [-0.2, 0) is 38.9 Å². The fourth-order valence-electron chi connectivity index (χ4n) is 5.62. The number of carbonyl (C=O) groups excluding carboxylic acids is 2. The summed E-state index contributed by atoms with van der Waals surface area (Å²) < 4.78 is 30.8. The third-order valence-corrected chi connectivity index (χ3v) is 7.25. The van der Waals surface area contributed by atoms with Gasteiger partial charge in [-0.3, -0.25) is 4.79 Å². The fourth-order valence-corrected chi connectivity index (χ4v) is 5.62. The van der Waals surface area contributed by atoms with Gasteiger partial charge in [-0.25, -0.2) is 0 Å². The molecule has 0 aromatic heterocycles. The first-order valence-corrected chi connectivity index (χ1v) is 13.3. The van der Waals surface area contributed by atoms with Crippen LogP contribution in [0.4, 0.5) is 0 Å². The van der Waals surface area contributed by atoms with Crippen molar-refractivity contribution in [1.82, 2.24) is 0 Å². The predicted octanol–water partition coefficient (Wildman–Crippen LogP) is 4.01. The molecule has 2 aliphatic heterocycles. The van der Waals surface area contributed by atoms with E-state index in [0.29, 0.717) is 6.29 Å². The molecule has 206 valence electrons. The Balaban J connectivity index is 0.00000370. The molecule has 5 atom stereocenters. The zero-order valence-corrected chi connectivity index (χ0v) is 22.4. The number of aldehydes is 1. The van der Waals surface area contributed by atoms with E-state index in [0.717, 1.165) is 16.7 Å². The molecule has 8 heteroatoms. The molecule has 0 spiro atoms. The van der Waals surface area contributed by atoms with Crippen LogP contribution in [0.5, 0.6) is 0 Å². The maximum absolute atomic E-state index is 12.6. The summed E-state index contributed by atoms with van der Waals surface area (Å²) in [5, 5.41) is 0. The van der Waals surface area contributed by atoms with E-state index >= 15 is 0 Å². The van der Waals surface area contributed by atoms with Crippen molar-refractivity contribution in [3.8, 4) is 0 Å². The maximum atomic E-state index is 12.6. The molecule has 0 radical (unpaired) electrons. The Kier molecular flexibility index (Phi) is 10.0. The third kappa shape index (κ3) is 5.97. The van der Waals surface area contributed by atoms with Crippen LogP contribution in [0.1, 0.15) is 37.5 Å². The molecule has 7 nitrogen and oxygen atoms in total. The molecule has 5 rings (SSSR count). The molecule has 2 unspecified atom stereocenters. The summed E-state index contributed by atoms with van der Waals surface area (Å²) in [6.45, 7) is 5.59. The summed E-state index contributed by atoms with van der Waals surface area (Å²) >= 11 is 0. The van der Waals surface area contributed by atoms with Crippen molar-refractivity contribution in [2.75, 3.05) is 13.2 Å². The van der Waals surface area contributed by atoms with Gasteiger partial charge in [0.1, 0.15) is 42.2 Å². The molecule has 2 aliphatic rings. The topological polar surface area (TPSA) is 80.3 Å². The second kappa shape index (κ2) is 13.1. The van der Waals surface area contributed by atoms with Gasteiger partial charge in [0.2, 0.25) is 0 Å². The summed E-state index contributed by atoms with van der Waals surface area (Å²) in [4.78, 5) is 24.7. The number of carbonyl (C=O) groups is 2. The van der Waals surface area contributed by atoms with Crippen LogP contribution in [0.25, 0.3) is 0 Å². The first kappa shape index (κ1) is 30.6. The zero-order chi connectivity index (χ0) is 27.5. The van der Waals surface area contributed by atoms with Gasteiger partial charge in [0.05, 0.1) is 13.2 Å². The molecule has 0 aliphatic carbocycles. The van der Waals surface area contributed by atoms with Gasteiger partial charge in [-0.15, -0.1) is 0 Å². The zero-order valence-electron chi connectivity index (χ0n) is 22.4. The van der Waals surface area contributed by atoms with Crippen molar-refractivity contribution < 1.29 is 33.3 Å². The van der Waals surface area contributed by atoms with Crippen molar-refractivity contribution >= 4 is 41.8 Å². The van der Waals surface area contributed by atoms with Crippen LogP contribution in [0.15, 0.2) is 91.0 Å². The summed E-state index contributed by atoms with van der Waals surface area (Å²) in [6, 6.07) is 30.1. The van der Waals surface area contributed by atoms with E-state index in [1.807, 2.05) is 105 Å². The number of fused-ring (bicyclic) bond motifs is 1. The van der Waals surface area contributed by atoms with Gasteiger partial charge in [0, 0.05) is 0 Å². The van der Waals surface area contributed by atoms with Crippen LogP contribution in [0.2, 0.25) is 0 Å². The van der Waals surface area contributed by atoms with E-state index in [1.165, 1.54) is 0 Å². The molecular formula is C32H35NaO7. The summed E-state index contributed by atoms with van der Waals surface area (Å²) in [5.41, 5.74) is 1.90. The van der Waals surface area contributed by atoms with Gasteiger partial charge in [0.15, 0.2) is 5.79 Å². The molecule has 0 amide bonds. The second-order valence-corrected chi connectivity index (χ2v) is 10.2. The van der Waals surface area contributed by atoms with Gasteiger partial charge in [-0.2, -0.15) is 0 Å². The number of hydrogen-bond donors (Lipinski definition) is 0. The third-order valence-electron chi connectivity index (χ3n) is 7.25. The van der Waals surface area contributed by atoms with E-state index < -0.39 is 47.7 Å². The fraction of sp³-hybridized carbons (Fsp3) is 0.375. The van der Waals surface area contributed by atoms with Crippen LogP contribution in [0, 0.1) is 5.92 Å². The van der Waals surface area contributed by atoms with E-state index in [9.17, 15) is 9.59 Å². The minimum atomic E-state index is -1.14. The average molecular weight is 555 g/mol. The predicted molar refractivity (Wildman–Crippen MR) is 151 cm³/mol. The van der Waals surface area contributed by atoms with E-state index in [1.54, 1.807) is 6.92 Å². The molecule has 0 bridgehead atoms. The molecule has 2 fully saturated rings. The average Bonchev–Trinajstić information content (AvgIpc) is 3.44. The quantitative estimate of drug-likeness (QED) is 0.123. The van der Waals surface area contributed by atoms with Crippen molar-refractivity contribution in [3.63, 3.8) is 0 Å². The Morgan fingerprint density at radius 1 is 0.875 bits per heavy atom. The van der Waals surface area contributed by atoms with Crippen LogP contribution in [-0.4, -0.2) is 85.2 Å². The Morgan fingerprint density at radius 2 is 1.35 bits per heavy atom. The van der Waals surface area contributed by atoms with Crippen molar-refractivity contribution in [3.05, 3.63) is 108 Å². The Morgan fingerprint density at radius 3 is 1.80 bits per heavy atom. The molecule has 2 saturated heterocycles. The van der Waals surface area contributed by atoms with Gasteiger partial charge in [-0.1, -0.05) is 91.0 Å². The monoisotopic (exact) mass is 554 g/mol. The minimum absolute atomic E-state index is 0. The van der Waals surface area contributed by atoms with Crippen molar-refractivity contribution in [2.24, 2.45) is 5.92 Å². The molecular weight excluding hydrogens is 519 g/mol. The molecule has 2 heterocycles. The van der Waals surface area contributed by atoms with Gasteiger partial charge < -0.3 is 28.5 Å². The number of rotatable bonds is 10. The van der Waals surface area contributed by atoms with Gasteiger partial charge in [-0.05, 0) is 37.5 Å². The van der Waals surface area contributed by atoms with E-state index in [4.69, 9.17) is 23.7 Å². The molecule has 0 N–H and O–H groups in total. The number of ether oxygens (including phenoxy) is 5. The summed E-state index contributed by atoms with van der Waals surface area (Å²) in [6.07, 6.45) is -2.06. The van der Waals surface area contributed by atoms with Crippen LogP contribution in [0.3, 0.4) is 0 Å². The molecule has 0 saturated carbocycles. The van der Waals surface area contributed by atoms with Crippen LogP contribution >= 0.6 is 0 Å². The first-order valence-electron chi connectivity index (χ1n) is 13.3. The van der Waals surface area contributed by atoms with Crippen LogP contribution < -0.4 is 0 Å². The Bertz CT molecular complexity index is 1160. The standard InChI is InChI=1S/C32H34O7.Na.H/c1-4-35-30(34)25(20-33)27-29-28(38-31(2,3)39-29)26(37-27)21-36-32(22-14-8-5-9-15-22,23-16-10-6-11-17-23)24-18-12-7-13-19-24;;/h5-20,25-29H,4,21H2,1-3H3;;/t25?,26-,27?,28-,29+;;/m1../s1. The normalized spacial score (nSPS) is 24.0. The molecule has 3 aromatic rings. The van der Waals surface area contributed by atoms with Gasteiger partial charge >= 0.3 is 35.5 Å². The number of esters is 1. The number of benzene rings is 3. The summed E-state index contributed by atoms with van der Waals surface area (Å²) in [5.74, 6) is -2.69. The number of hydrogen-bond acceptors (Lipinski definition) is 7. The van der Waals surface area contributed by atoms with Crippen molar-refractivity contribution in [2.45, 2.75) is 56.6 Å². The SMILES string of the molecule is CCOC(=O)C(C=O)C1O[C@H](COC(c2ccccc2)(c2ccccc2)c2ccccc2)[C@H]2OC(C)(C)O[C@@H]12.[NaH]. The van der Waals surface area contributed by atoms with E-state index in [2.05, 4.69) is 0 Å². The van der Waals surface area contributed by atoms with Gasteiger partial charge in [0.25, 0.3) is 0 Å². The Hall–Kier alpha value is -2.36. The van der Waals surface area contributed by atoms with Crippen molar-refractivity contribution in [1.29, 1.82) is 0 Å².